The van der Waals surface area contributed by atoms with E-state index in [1.165, 1.54) is 0 Å². The number of carbonyl (C=O) groups excluding carboxylic acids is 1. The SMILES string of the molecule is NCc1ccc2c(c1)CCC(=O)N2C(CO)CCO. The lowest BCUT2D eigenvalue weighted by Gasteiger charge is -2.35. The standard InChI is InChI=1S/C14H20N2O3/c15-8-10-1-3-13-11(7-10)2-4-14(19)16(13)12(9-18)5-6-17/h1,3,7,12,17-18H,2,4-6,8-9,15H2. The average molecular weight is 264 g/mol. The highest BCUT2D eigenvalue weighted by atomic mass is 16.3. The highest BCUT2D eigenvalue weighted by Crippen LogP contribution is 2.31. The maximum atomic E-state index is 12.1. The van der Waals surface area contributed by atoms with Crippen LogP contribution in [0.25, 0.3) is 0 Å². The van der Waals surface area contributed by atoms with E-state index in [0.717, 1.165) is 16.8 Å². The van der Waals surface area contributed by atoms with Crippen LogP contribution in [0.4, 0.5) is 5.69 Å². The van der Waals surface area contributed by atoms with Crippen molar-refractivity contribution in [3.63, 3.8) is 0 Å². The van der Waals surface area contributed by atoms with E-state index in [2.05, 4.69) is 0 Å². The number of nitrogens with two attached hydrogens (primary N) is 1. The second kappa shape index (κ2) is 6.14. The monoisotopic (exact) mass is 264 g/mol. The fourth-order valence-corrected chi connectivity index (χ4v) is 2.55. The molecule has 1 atom stereocenters. The van der Waals surface area contributed by atoms with Gasteiger partial charge in [0.2, 0.25) is 5.91 Å². The summed E-state index contributed by atoms with van der Waals surface area (Å²) in [6, 6.07) is 5.44. The highest BCUT2D eigenvalue weighted by Gasteiger charge is 2.29. The lowest BCUT2D eigenvalue weighted by atomic mass is 9.96. The van der Waals surface area contributed by atoms with Gasteiger partial charge in [0.05, 0.1) is 12.6 Å². The van der Waals surface area contributed by atoms with Crippen LogP contribution in [0.5, 0.6) is 0 Å². The largest absolute Gasteiger partial charge is 0.396 e. The summed E-state index contributed by atoms with van der Waals surface area (Å²) in [5, 5.41) is 18.5. The predicted molar refractivity (Wildman–Crippen MR) is 72.7 cm³/mol. The lowest BCUT2D eigenvalue weighted by Crippen LogP contribution is -2.45. The van der Waals surface area contributed by atoms with Gasteiger partial charge in [0.25, 0.3) is 0 Å². The van der Waals surface area contributed by atoms with Crippen LogP contribution in [-0.4, -0.2) is 35.4 Å². The first-order valence-corrected chi connectivity index (χ1v) is 6.57. The number of amides is 1. The number of benzene rings is 1. The predicted octanol–water partition coefficient (Wildman–Crippen LogP) is 0.168. The first kappa shape index (κ1) is 14.0. The molecule has 4 N–H and O–H groups in total. The van der Waals surface area contributed by atoms with Gasteiger partial charge in [-0.25, -0.2) is 0 Å². The maximum absolute atomic E-state index is 12.1. The minimum atomic E-state index is -0.361. The van der Waals surface area contributed by atoms with E-state index >= 15 is 0 Å². The number of aryl methyl sites for hydroxylation is 1. The summed E-state index contributed by atoms with van der Waals surface area (Å²) in [6.07, 6.45) is 1.51. The molecule has 1 unspecified atom stereocenters. The number of aliphatic hydroxyl groups excluding tert-OH is 2. The second-order valence-electron chi connectivity index (χ2n) is 4.78. The molecule has 0 aliphatic carbocycles. The van der Waals surface area contributed by atoms with Gasteiger partial charge in [-0.2, -0.15) is 0 Å². The van der Waals surface area contributed by atoms with Crippen molar-refractivity contribution < 1.29 is 15.0 Å². The molecule has 5 nitrogen and oxygen atoms in total. The van der Waals surface area contributed by atoms with Crippen molar-refractivity contribution in [2.75, 3.05) is 18.1 Å². The normalized spacial score (nSPS) is 16.4. The maximum Gasteiger partial charge on any atom is 0.227 e. The van der Waals surface area contributed by atoms with Gasteiger partial charge in [-0.1, -0.05) is 12.1 Å². The van der Waals surface area contributed by atoms with E-state index in [4.69, 9.17) is 10.8 Å². The Kier molecular flexibility index (Phi) is 4.52. The molecule has 0 radical (unpaired) electrons. The summed E-state index contributed by atoms with van der Waals surface area (Å²) in [7, 11) is 0. The fraction of sp³-hybridized carbons (Fsp3) is 0.500. The van der Waals surface area contributed by atoms with Crippen LogP contribution in [0.1, 0.15) is 24.0 Å². The van der Waals surface area contributed by atoms with Crippen molar-refractivity contribution in [3.05, 3.63) is 29.3 Å². The first-order valence-electron chi connectivity index (χ1n) is 6.57. The van der Waals surface area contributed by atoms with Crippen LogP contribution >= 0.6 is 0 Å². The van der Waals surface area contributed by atoms with E-state index in [0.29, 0.717) is 25.8 Å². The topological polar surface area (TPSA) is 86.8 Å². The van der Waals surface area contributed by atoms with E-state index in [9.17, 15) is 9.90 Å². The van der Waals surface area contributed by atoms with Gasteiger partial charge in [-0.3, -0.25) is 4.79 Å². The van der Waals surface area contributed by atoms with E-state index in [-0.39, 0.29) is 25.2 Å². The number of aliphatic hydroxyl groups is 2. The summed E-state index contributed by atoms with van der Waals surface area (Å²) in [4.78, 5) is 13.7. The highest BCUT2D eigenvalue weighted by molar-refractivity contribution is 5.97. The summed E-state index contributed by atoms with van der Waals surface area (Å²) in [5.41, 5.74) is 8.58. The number of nitrogens with zero attached hydrogens (tertiary/aromatic N) is 1. The molecule has 1 aliphatic heterocycles. The molecule has 19 heavy (non-hydrogen) atoms. The van der Waals surface area contributed by atoms with E-state index < -0.39 is 0 Å². The number of fused-ring (bicyclic) bond motifs is 1. The molecule has 2 rings (SSSR count). The zero-order valence-corrected chi connectivity index (χ0v) is 10.9. The minimum Gasteiger partial charge on any atom is -0.396 e. The van der Waals surface area contributed by atoms with Crippen LogP contribution in [-0.2, 0) is 17.8 Å². The molecule has 0 bridgehead atoms. The molecule has 0 spiro atoms. The van der Waals surface area contributed by atoms with Gasteiger partial charge in [-0.05, 0) is 30.0 Å². The molecule has 1 amide bonds. The molecule has 1 aromatic rings. The Labute approximate surface area is 112 Å². The Morgan fingerprint density at radius 1 is 1.32 bits per heavy atom. The van der Waals surface area contributed by atoms with Gasteiger partial charge < -0.3 is 20.8 Å². The molecule has 1 aliphatic rings. The molecular weight excluding hydrogens is 244 g/mol. The first-order chi connectivity index (χ1) is 9.21. The minimum absolute atomic E-state index is 0.000462. The van der Waals surface area contributed by atoms with Crippen LogP contribution in [0, 0.1) is 0 Å². The molecule has 1 aromatic carbocycles. The fourth-order valence-electron chi connectivity index (χ4n) is 2.55. The van der Waals surface area contributed by atoms with Crippen molar-refractivity contribution in [1.82, 2.24) is 0 Å². The Balaban J connectivity index is 2.37. The molecule has 5 heteroatoms. The van der Waals surface area contributed by atoms with Gasteiger partial charge in [0.1, 0.15) is 0 Å². The third kappa shape index (κ3) is 2.78. The van der Waals surface area contributed by atoms with Crippen molar-refractivity contribution in [1.29, 1.82) is 0 Å². The average Bonchev–Trinajstić information content (AvgIpc) is 2.45. The van der Waals surface area contributed by atoms with Gasteiger partial charge in [-0.15, -0.1) is 0 Å². The number of rotatable bonds is 5. The van der Waals surface area contributed by atoms with Crippen molar-refractivity contribution in [3.8, 4) is 0 Å². The van der Waals surface area contributed by atoms with Crippen molar-refractivity contribution in [2.24, 2.45) is 5.73 Å². The Morgan fingerprint density at radius 2 is 2.11 bits per heavy atom. The summed E-state index contributed by atoms with van der Waals surface area (Å²) < 4.78 is 0. The molecular formula is C14H20N2O3. The molecule has 1 heterocycles. The van der Waals surface area contributed by atoms with Crippen LogP contribution in [0.2, 0.25) is 0 Å². The smallest absolute Gasteiger partial charge is 0.227 e. The quantitative estimate of drug-likeness (QED) is 0.707. The number of hydrogen-bond donors (Lipinski definition) is 3. The van der Waals surface area contributed by atoms with Gasteiger partial charge in [0.15, 0.2) is 0 Å². The van der Waals surface area contributed by atoms with Gasteiger partial charge >= 0.3 is 0 Å². The number of hydrogen-bond acceptors (Lipinski definition) is 4. The molecule has 0 saturated heterocycles. The van der Waals surface area contributed by atoms with Crippen LogP contribution in [0.3, 0.4) is 0 Å². The van der Waals surface area contributed by atoms with Crippen molar-refractivity contribution >= 4 is 11.6 Å². The Hall–Kier alpha value is -1.43. The Bertz CT molecular complexity index is 462. The Morgan fingerprint density at radius 3 is 2.74 bits per heavy atom. The van der Waals surface area contributed by atoms with Crippen molar-refractivity contribution in [2.45, 2.75) is 31.8 Å². The number of anilines is 1. The lowest BCUT2D eigenvalue weighted by molar-refractivity contribution is -0.119. The number of carbonyl (C=O) groups is 1. The van der Waals surface area contributed by atoms with Gasteiger partial charge in [0, 0.05) is 25.3 Å². The zero-order valence-electron chi connectivity index (χ0n) is 10.9. The third-order valence-electron chi connectivity index (χ3n) is 3.55. The molecule has 0 aromatic heterocycles. The second-order valence-corrected chi connectivity index (χ2v) is 4.78. The summed E-state index contributed by atoms with van der Waals surface area (Å²) >= 11 is 0. The summed E-state index contributed by atoms with van der Waals surface area (Å²) in [6.45, 7) is 0.275. The molecule has 0 fully saturated rings. The molecule has 0 saturated carbocycles. The third-order valence-corrected chi connectivity index (χ3v) is 3.55. The molecule has 104 valence electrons. The van der Waals surface area contributed by atoms with Crippen LogP contribution in [0.15, 0.2) is 18.2 Å². The van der Waals surface area contributed by atoms with E-state index in [1.54, 1.807) is 4.90 Å². The van der Waals surface area contributed by atoms with Crippen LogP contribution < -0.4 is 10.6 Å². The zero-order chi connectivity index (χ0) is 13.8. The summed E-state index contributed by atoms with van der Waals surface area (Å²) in [5.74, 6) is 0.000462. The van der Waals surface area contributed by atoms with E-state index in [1.807, 2.05) is 18.2 Å².